The fraction of sp³-hybridized carbons (Fsp3) is 0.310. The van der Waals surface area contributed by atoms with Crippen LogP contribution >= 0.6 is 0 Å². The number of nitrogens with zero attached hydrogens (tertiary/aromatic N) is 2. The lowest BCUT2D eigenvalue weighted by molar-refractivity contribution is -0.137. The molecule has 1 heterocycles. The fourth-order valence-electron chi connectivity index (χ4n) is 4.65. The number of carbonyl (C=O) groups excluding carboxylic acids is 1. The molecule has 0 unspecified atom stereocenters. The molecule has 0 atom stereocenters. The molecule has 38 heavy (non-hydrogen) atoms. The van der Waals surface area contributed by atoms with Crippen LogP contribution in [-0.2, 0) is 4.79 Å². The first-order valence-electron chi connectivity index (χ1n) is 12.7. The molecule has 9 heteroatoms. The number of carboxylic acid groups (broad SMARTS) is 1. The molecule has 0 saturated carbocycles. The molecule has 5 N–H and O–H groups in total. The average molecular weight is 516 g/mol. The third kappa shape index (κ3) is 6.47. The summed E-state index contributed by atoms with van der Waals surface area (Å²) < 4.78 is 6.15. The first kappa shape index (κ1) is 26.7. The highest BCUT2D eigenvalue weighted by Gasteiger charge is 2.22. The summed E-state index contributed by atoms with van der Waals surface area (Å²) in [5.74, 6) is 0.0865. The molecule has 9 nitrogen and oxygen atoms in total. The van der Waals surface area contributed by atoms with E-state index in [0.29, 0.717) is 34.8 Å². The Hall–Kier alpha value is -4.40. The summed E-state index contributed by atoms with van der Waals surface area (Å²) in [6.45, 7) is 3.64. The number of ether oxygens (including phenoxy) is 1. The molecule has 1 aliphatic heterocycles. The van der Waals surface area contributed by atoms with Crippen LogP contribution in [0.2, 0.25) is 0 Å². The van der Waals surface area contributed by atoms with Gasteiger partial charge in [0.15, 0.2) is 0 Å². The number of amides is 1. The smallest absolute Gasteiger partial charge is 0.303 e. The molecule has 0 bridgehead atoms. The lowest BCUT2D eigenvalue weighted by atomic mass is 10.0. The normalized spacial score (nSPS) is 13.8. The van der Waals surface area contributed by atoms with Crippen molar-refractivity contribution in [2.45, 2.75) is 38.7 Å². The second-order valence-corrected chi connectivity index (χ2v) is 9.53. The number of hydrogen-bond acceptors (Lipinski definition) is 5. The highest BCUT2D eigenvalue weighted by atomic mass is 16.5. The van der Waals surface area contributed by atoms with Crippen LogP contribution in [0, 0.1) is 10.8 Å². The van der Waals surface area contributed by atoms with Gasteiger partial charge in [0, 0.05) is 55.7 Å². The lowest BCUT2D eigenvalue weighted by Gasteiger charge is -2.33. The van der Waals surface area contributed by atoms with Gasteiger partial charge in [-0.25, -0.2) is 0 Å². The summed E-state index contributed by atoms with van der Waals surface area (Å²) in [4.78, 5) is 28.4. The van der Waals surface area contributed by atoms with E-state index < -0.39 is 5.97 Å². The van der Waals surface area contributed by atoms with Crippen LogP contribution in [0.1, 0.15) is 48.5 Å². The maximum absolute atomic E-state index is 13.6. The summed E-state index contributed by atoms with van der Waals surface area (Å²) in [6.07, 6.45) is 2.02. The number of fused-ring (bicyclic) bond motifs is 1. The zero-order chi connectivity index (χ0) is 27.2. The Kier molecular flexibility index (Phi) is 8.25. The second-order valence-electron chi connectivity index (χ2n) is 9.53. The molecule has 1 fully saturated rings. The Bertz CT molecular complexity index is 1350. The molecular weight excluding hydrogens is 482 g/mol. The third-order valence-electron chi connectivity index (χ3n) is 6.78. The van der Waals surface area contributed by atoms with Crippen molar-refractivity contribution in [2.75, 3.05) is 24.5 Å². The van der Waals surface area contributed by atoms with Crippen LogP contribution in [0.5, 0.6) is 5.75 Å². The van der Waals surface area contributed by atoms with Gasteiger partial charge in [0.1, 0.15) is 17.7 Å². The van der Waals surface area contributed by atoms with Crippen LogP contribution < -0.4 is 15.4 Å². The van der Waals surface area contributed by atoms with Gasteiger partial charge in [0.25, 0.3) is 5.91 Å². The van der Waals surface area contributed by atoms with Crippen molar-refractivity contribution < 1.29 is 19.4 Å². The van der Waals surface area contributed by atoms with Crippen molar-refractivity contribution in [3.63, 3.8) is 0 Å². The summed E-state index contributed by atoms with van der Waals surface area (Å²) >= 11 is 0. The van der Waals surface area contributed by atoms with E-state index >= 15 is 0 Å². The molecule has 0 aliphatic carbocycles. The van der Waals surface area contributed by atoms with Gasteiger partial charge < -0.3 is 25.4 Å². The fourth-order valence-corrected chi connectivity index (χ4v) is 4.65. The number of nitrogens with two attached hydrogens (primary N) is 1. The molecule has 1 aliphatic rings. The molecule has 0 aromatic heterocycles. The van der Waals surface area contributed by atoms with E-state index in [4.69, 9.17) is 26.4 Å². The Morgan fingerprint density at radius 3 is 2.24 bits per heavy atom. The zero-order valence-electron chi connectivity index (χ0n) is 21.4. The number of aliphatic carboxylic acids is 1. The minimum atomic E-state index is -0.909. The number of carboxylic acids is 1. The topological polar surface area (TPSA) is 144 Å². The largest absolute Gasteiger partial charge is 0.490 e. The predicted molar refractivity (Wildman–Crippen MR) is 149 cm³/mol. The van der Waals surface area contributed by atoms with Crippen molar-refractivity contribution in [3.05, 3.63) is 71.8 Å². The van der Waals surface area contributed by atoms with E-state index in [-0.39, 0.29) is 30.8 Å². The van der Waals surface area contributed by atoms with Crippen molar-refractivity contribution in [1.29, 1.82) is 10.8 Å². The van der Waals surface area contributed by atoms with Crippen molar-refractivity contribution in [1.82, 2.24) is 4.90 Å². The van der Waals surface area contributed by atoms with Gasteiger partial charge in [-0.2, -0.15) is 0 Å². The van der Waals surface area contributed by atoms with Gasteiger partial charge >= 0.3 is 5.97 Å². The van der Waals surface area contributed by atoms with E-state index in [1.807, 2.05) is 41.3 Å². The first-order chi connectivity index (χ1) is 18.2. The van der Waals surface area contributed by atoms with Crippen molar-refractivity contribution in [2.24, 2.45) is 5.73 Å². The summed E-state index contributed by atoms with van der Waals surface area (Å²) in [7, 11) is 0. The van der Waals surface area contributed by atoms with Gasteiger partial charge in [-0.1, -0.05) is 18.2 Å². The van der Waals surface area contributed by atoms with Gasteiger partial charge in [-0.05, 0) is 66.6 Å². The molecule has 1 amide bonds. The molecular formula is C29H33N5O4. The van der Waals surface area contributed by atoms with Gasteiger partial charge in [-0.15, -0.1) is 0 Å². The van der Waals surface area contributed by atoms with Crippen LogP contribution in [-0.4, -0.2) is 59.3 Å². The Morgan fingerprint density at radius 2 is 1.63 bits per heavy atom. The van der Waals surface area contributed by atoms with Crippen molar-refractivity contribution in [3.8, 4) is 5.75 Å². The molecule has 0 spiro atoms. The molecule has 3 aromatic carbocycles. The number of hydrogen-bond donors (Lipinski definition) is 4. The second kappa shape index (κ2) is 11.8. The van der Waals surface area contributed by atoms with Crippen molar-refractivity contribution >= 4 is 40.0 Å². The number of carbonyl (C=O) groups is 2. The van der Waals surface area contributed by atoms with Gasteiger partial charge in [0.2, 0.25) is 0 Å². The van der Waals surface area contributed by atoms with E-state index in [0.717, 1.165) is 36.7 Å². The van der Waals surface area contributed by atoms with Crippen LogP contribution in [0.15, 0.2) is 60.7 Å². The number of nitrogen functional groups attached to an aromatic ring is 1. The van der Waals surface area contributed by atoms with Crippen LogP contribution in [0.25, 0.3) is 10.8 Å². The van der Waals surface area contributed by atoms with E-state index in [1.54, 1.807) is 36.1 Å². The Balaban J connectivity index is 1.53. The van der Waals surface area contributed by atoms with Gasteiger partial charge in [0.05, 0.1) is 5.84 Å². The number of benzene rings is 3. The standard InChI is InChI=1S/C29H33N5O4/c1-19(30)33-15-12-26(13-16-33)38-25-10-8-24(9-11-25)34(14-2-3-27(35)36)29(37)22-7-5-20-4-6-21(28(31)32)17-23(20)18-22/h4-11,17-18,26,30H,2-3,12-16H2,1H3,(H3,31,32)(H,35,36). The van der Waals surface area contributed by atoms with E-state index in [9.17, 15) is 9.59 Å². The maximum atomic E-state index is 13.6. The highest BCUT2D eigenvalue weighted by Crippen LogP contribution is 2.26. The molecule has 4 rings (SSSR count). The van der Waals surface area contributed by atoms with Crippen LogP contribution in [0.4, 0.5) is 5.69 Å². The molecule has 1 saturated heterocycles. The minimum absolute atomic E-state index is 0.0431. The maximum Gasteiger partial charge on any atom is 0.303 e. The van der Waals surface area contributed by atoms with E-state index in [1.165, 1.54) is 0 Å². The predicted octanol–water partition coefficient (Wildman–Crippen LogP) is 4.48. The van der Waals surface area contributed by atoms with E-state index in [2.05, 4.69) is 0 Å². The SMILES string of the molecule is CC(=N)N1CCC(Oc2ccc(N(CCCC(=O)O)C(=O)c3ccc4ccc(C(=N)N)cc4c3)cc2)CC1. The number of anilines is 1. The first-order valence-corrected chi connectivity index (χ1v) is 12.7. The quantitative estimate of drug-likeness (QED) is 0.244. The number of amidine groups is 2. The lowest BCUT2D eigenvalue weighted by Crippen LogP contribution is -2.40. The Morgan fingerprint density at radius 1 is 1.00 bits per heavy atom. The monoisotopic (exact) mass is 515 g/mol. The molecule has 198 valence electrons. The summed E-state index contributed by atoms with van der Waals surface area (Å²) in [5, 5.41) is 26.3. The van der Waals surface area contributed by atoms with Gasteiger partial charge in [-0.3, -0.25) is 20.4 Å². The minimum Gasteiger partial charge on any atom is -0.490 e. The zero-order valence-corrected chi connectivity index (χ0v) is 21.4. The number of rotatable bonds is 9. The molecule has 3 aromatic rings. The highest BCUT2D eigenvalue weighted by molar-refractivity contribution is 6.08. The third-order valence-corrected chi connectivity index (χ3v) is 6.78. The summed E-state index contributed by atoms with van der Waals surface area (Å²) in [5.41, 5.74) is 7.33. The summed E-state index contributed by atoms with van der Waals surface area (Å²) in [6, 6.07) is 18.1. The number of piperidine rings is 1. The average Bonchev–Trinajstić information content (AvgIpc) is 2.91. The number of likely N-dealkylation sites (tertiary alicyclic amines) is 1. The molecule has 0 radical (unpaired) electrons. The van der Waals surface area contributed by atoms with Crippen LogP contribution in [0.3, 0.4) is 0 Å². The Labute approximate surface area is 221 Å². The number of nitrogens with one attached hydrogen (secondary N) is 2.